The van der Waals surface area contributed by atoms with Crippen molar-refractivity contribution in [3.8, 4) is 23.0 Å². The van der Waals surface area contributed by atoms with Gasteiger partial charge in [0.2, 0.25) is 0 Å². The van der Waals surface area contributed by atoms with Crippen molar-refractivity contribution in [1.82, 2.24) is 19.5 Å². The van der Waals surface area contributed by atoms with E-state index in [0.717, 1.165) is 45.4 Å². The molecule has 2 aromatic heterocycles. The van der Waals surface area contributed by atoms with Gasteiger partial charge < -0.3 is 14.3 Å². The average Bonchev–Trinajstić information content (AvgIpc) is 3.39. The number of H-pyrrole nitrogens is 1. The summed E-state index contributed by atoms with van der Waals surface area (Å²) in [4.78, 5) is 13.0. The molecule has 0 amide bonds. The van der Waals surface area contributed by atoms with Gasteiger partial charge in [0.1, 0.15) is 17.3 Å². The van der Waals surface area contributed by atoms with Crippen LogP contribution in [0.5, 0.6) is 5.75 Å². The number of hydrogen-bond donors (Lipinski definition) is 1. The van der Waals surface area contributed by atoms with E-state index in [-0.39, 0.29) is 0 Å². The van der Waals surface area contributed by atoms with Gasteiger partial charge in [-0.2, -0.15) is 0 Å². The van der Waals surface area contributed by atoms with E-state index in [1.54, 1.807) is 7.11 Å². The number of aromatic amines is 1. The second kappa shape index (κ2) is 7.69. The molecule has 2 heterocycles. The third-order valence-electron chi connectivity index (χ3n) is 5.06. The van der Waals surface area contributed by atoms with Crippen LogP contribution >= 0.6 is 11.6 Å². The van der Waals surface area contributed by atoms with Crippen LogP contribution in [0.3, 0.4) is 0 Å². The van der Waals surface area contributed by atoms with Crippen LogP contribution in [0.1, 0.15) is 11.4 Å². The smallest absolute Gasteiger partial charge is 0.158 e. The lowest BCUT2D eigenvalue weighted by Crippen LogP contribution is -2.02. The van der Waals surface area contributed by atoms with E-state index in [9.17, 15) is 0 Å². The second-order valence-corrected chi connectivity index (χ2v) is 7.42. The van der Waals surface area contributed by atoms with Crippen LogP contribution in [0.25, 0.3) is 28.2 Å². The summed E-state index contributed by atoms with van der Waals surface area (Å²) in [5.41, 5.74) is 4.74. The van der Waals surface area contributed by atoms with Crippen molar-refractivity contribution in [2.45, 2.75) is 6.42 Å². The second-order valence-electron chi connectivity index (χ2n) is 6.98. The van der Waals surface area contributed by atoms with Gasteiger partial charge in [-0.15, -0.1) is 0 Å². The highest BCUT2D eigenvalue weighted by Crippen LogP contribution is 2.26. The summed E-state index contributed by atoms with van der Waals surface area (Å²) in [6.45, 7) is 0. The molecule has 0 spiro atoms. The Bertz CT molecular complexity index is 1290. The molecule has 0 unspecified atom stereocenters. The van der Waals surface area contributed by atoms with Gasteiger partial charge in [-0.05, 0) is 42.5 Å². The molecular weight excluding hydrogens is 396 g/mol. The first-order valence-electron chi connectivity index (χ1n) is 9.62. The van der Waals surface area contributed by atoms with E-state index in [1.165, 1.54) is 0 Å². The van der Waals surface area contributed by atoms with Crippen LogP contribution in [-0.4, -0.2) is 26.6 Å². The summed E-state index contributed by atoms with van der Waals surface area (Å²) in [5.74, 6) is 2.47. The van der Waals surface area contributed by atoms with Crippen LogP contribution in [0.4, 0.5) is 0 Å². The highest BCUT2D eigenvalue weighted by molar-refractivity contribution is 6.30. The summed E-state index contributed by atoms with van der Waals surface area (Å²) in [6.07, 6.45) is 2.62. The predicted molar refractivity (Wildman–Crippen MR) is 119 cm³/mol. The van der Waals surface area contributed by atoms with E-state index in [2.05, 4.69) is 15.6 Å². The Morgan fingerprint density at radius 2 is 1.70 bits per heavy atom. The zero-order valence-corrected chi connectivity index (χ0v) is 17.1. The van der Waals surface area contributed by atoms with Gasteiger partial charge in [0.15, 0.2) is 5.82 Å². The summed E-state index contributed by atoms with van der Waals surface area (Å²) < 4.78 is 7.61. The fraction of sp³-hybridized carbons (Fsp3) is 0.0833. The zero-order valence-electron chi connectivity index (χ0n) is 16.3. The number of nitrogens with zero attached hydrogens (tertiary/aromatic N) is 3. The molecule has 148 valence electrons. The van der Waals surface area contributed by atoms with Crippen LogP contribution in [0.2, 0.25) is 5.02 Å². The Kier molecular flexibility index (Phi) is 4.73. The SMILES string of the molecule is COc1ccccc1Cc1nc(-c2nc3ccccc3[nH]2)cn1-c1ccc(Cl)cc1. The molecule has 0 atom stereocenters. The Hall–Kier alpha value is -3.57. The topological polar surface area (TPSA) is 55.7 Å². The molecule has 0 fully saturated rings. The predicted octanol–water partition coefficient (Wildman–Crippen LogP) is 5.67. The molecule has 30 heavy (non-hydrogen) atoms. The molecule has 0 bridgehead atoms. The molecule has 1 N–H and O–H groups in total. The molecule has 0 aliphatic carbocycles. The van der Waals surface area contributed by atoms with Crippen molar-refractivity contribution in [3.63, 3.8) is 0 Å². The lowest BCUT2D eigenvalue weighted by molar-refractivity contribution is 0.410. The lowest BCUT2D eigenvalue weighted by Gasteiger charge is -2.10. The van der Waals surface area contributed by atoms with E-state index < -0.39 is 0 Å². The molecule has 5 rings (SSSR count). The van der Waals surface area contributed by atoms with Gasteiger partial charge in [-0.3, -0.25) is 0 Å². The normalized spacial score (nSPS) is 11.1. The zero-order chi connectivity index (χ0) is 20.5. The third-order valence-corrected chi connectivity index (χ3v) is 5.31. The molecule has 0 aliphatic heterocycles. The van der Waals surface area contributed by atoms with Gasteiger partial charge in [0.25, 0.3) is 0 Å². The largest absolute Gasteiger partial charge is 0.496 e. The van der Waals surface area contributed by atoms with E-state index >= 15 is 0 Å². The standard InChI is InChI=1S/C24H19ClN4O/c1-30-22-9-5-2-6-16(22)14-23-26-21(15-29(23)18-12-10-17(25)11-13-18)24-27-19-7-3-4-8-20(19)28-24/h2-13,15H,14H2,1H3,(H,27,28). The minimum atomic E-state index is 0.618. The van der Waals surface area contributed by atoms with Crippen LogP contribution < -0.4 is 4.74 Å². The number of para-hydroxylation sites is 3. The first-order valence-corrected chi connectivity index (χ1v) is 10.0. The van der Waals surface area contributed by atoms with Crippen molar-refractivity contribution >= 4 is 22.6 Å². The fourth-order valence-corrected chi connectivity index (χ4v) is 3.70. The van der Waals surface area contributed by atoms with E-state index in [0.29, 0.717) is 11.4 Å². The van der Waals surface area contributed by atoms with Gasteiger partial charge >= 0.3 is 0 Å². The molecule has 0 saturated carbocycles. The molecule has 0 aliphatic rings. The van der Waals surface area contributed by atoms with Crippen molar-refractivity contribution in [2.24, 2.45) is 0 Å². The fourth-order valence-electron chi connectivity index (χ4n) is 3.58. The Labute approximate surface area is 178 Å². The number of imidazole rings is 2. The minimum absolute atomic E-state index is 0.618. The number of fused-ring (bicyclic) bond motifs is 1. The van der Waals surface area contributed by atoms with Gasteiger partial charge in [0, 0.05) is 28.9 Å². The van der Waals surface area contributed by atoms with E-state index in [4.69, 9.17) is 26.3 Å². The number of rotatable bonds is 5. The monoisotopic (exact) mass is 414 g/mol. The number of nitrogens with one attached hydrogen (secondary N) is 1. The van der Waals surface area contributed by atoms with Crippen molar-refractivity contribution in [3.05, 3.63) is 95.4 Å². The first kappa shape index (κ1) is 18.5. The van der Waals surface area contributed by atoms with Gasteiger partial charge in [-0.1, -0.05) is 41.9 Å². The van der Waals surface area contributed by atoms with Crippen molar-refractivity contribution in [1.29, 1.82) is 0 Å². The Balaban J connectivity index is 1.62. The molecule has 6 heteroatoms. The summed E-state index contributed by atoms with van der Waals surface area (Å²) in [5, 5.41) is 0.697. The van der Waals surface area contributed by atoms with Crippen LogP contribution in [-0.2, 0) is 6.42 Å². The average molecular weight is 415 g/mol. The van der Waals surface area contributed by atoms with Crippen LogP contribution in [0.15, 0.2) is 79.0 Å². The van der Waals surface area contributed by atoms with Crippen LogP contribution in [0, 0.1) is 0 Å². The maximum atomic E-state index is 6.10. The maximum Gasteiger partial charge on any atom is 0.158 e. The van der Waals surface area contributed by atoms with Crippen molar-refractivity contribution in [2.75, 3.05) is 7.11 Å². The number of hydrogen-bond acceptors (Lipinski definition) is 3. The third kappa shape index (κ3) is 3.44. The molecule has 0 saturated heterocycles. The number of halogens is 1. The van der Waals surface area contributed by atoms with Gasteiger partial charge in [0.05, 0.1) is 18.1 Å². The number of benzene rings is 3. The Morgan fingerprint density at radius 1 is 0.933 bits per heavy atom. The Morgan fingerprint density at radius 3 is 2.50 bits per heavy atom. The highest BCUT2D eigenvalue weighted by Gasteiger charge is 2.16. The molecule has 0 radical (unpaired) electrons. The van der Waals surface area contributed by atoms with E-state index in [1.807, 2.05) is 72.9 Å². The summed E-state index contributed by atoms with van der Waals surface area (Å²) >= 11 is 6.10. The summed E-state index contributed by atoms with van der Waals surface area (Å²) in [7, 11) is 1.68. The minimum Gasteiger partial charge on any atom is -0.496 e. The number of ether oxygens (including phenoxy) is 1. The highest BCUT2D eigenvalue weighted by atomic mass is 35.5. The molecule has 3 aromatic carbocycles. The van der Waals surface area contributed by atoms with Crippen molar-refractivity contribution < 1.29 is 4.74 Å². The number of methoxy groups -OCH3 is 1. The lowest BCUT2D eigenvalue weighted by atomic mass is 10.1. The van der Waals surface area contributed by atoms with Gasteiger partial charge in [-0.25, -0.2) is 9.97 Å². The molecule has 5 nitrogen and oxygen atoms in total. The quantitative estimate of drug-likeness (QED) is 0.403. The molecular formula is C24H19ClN4O. The maximum absolute atomic E-state index is 6.10. The number of aromatic nitrogens is 4. The summed E-state index contributed by atoms with van der Waals surface area (Å²) in [6, 6.07) is 23.7. The first-order chi connectivity index (χ1) is 14.7. The molecule has 5 aromatic rings.